The van der Waals surface area contributed by atoms with Gasteiger partial charge in [-0.25, -0.2) is 8.42 Å². The van der Waals surface area contributed by atoms with Gasteiger partial charge < -0.3 is 10.1 Å². The van der Waals surface area contributed by atoms with E-state index in [9.17, 15) is 13.2 Å². The number of nitrogens with one attached hydrogen (secondary N) is 2. The van der Waals surface area contributed by atoms with Crippen LogP contribution in [-0.4, -0.2) is 27.5 Å². The minimum absolute atomic E-state index is 0.135. The largest absolute Gasteiger partial charge is 0.481 e. The maximum Gasteiger partial charge on any atom is 0.261 e. The number of hydrogen-bond acceptors (Lipinski definition) is 4. The molecule has 2 rings (SSSR count). The van der Waals surface area contributed by atoms with Crippen LogP contribution in [0.2, 0.25) is 0 Å². The minimum Gasteiger partial charge on any atom is -0.481 e. The summed E-state index contributed by atoms with van der Waals surface area (Å²) >= 11 is 0. The fourth-order valence-electron chi connectivity index (χ4n) is 2.73. The molecule has 2 N–H and O–H groups in total. The number of sulfonamides is 1. The molecule has 0 heterocycles. The molecule has 146 valence electrons. The molecule has 27 heavy (non-hydrogen) atoms. The van der Waals surface area contributed by atoms with Gasteiger partial charge in [-0.3, -0.25) is 9.52 Å². The lowest BCUT2D eigenvalue weighted by atomic mass is 10.0. The second-order valence-corrected chi connectivity index (χ2v) is 7.79. The monoisotopic (exact) mass is 390 g/mol. The molecule has 2 aromatic rings. The van der Waals surface area contributed by atoms with Crippen molar-refractivity contribution >= 4 is 21.6 Å². The zero-order valence-corrected chi connectivity index (χ0v) is 16.9. The van der Waals surface area contributed by atoms with Gasteiger partial charge in [0.05, 0.1) is 10.6 Å². The molecular weight excluding hydrogens is 364 g/mol. The average molecular weight is 391 g/mol. The molecule has 0 aliphatic rings. The Hall–Kier alpha value is -2.54. The van der Waals surface area contributed by atoms with Crippen LogP contribution in [0.4, 0.5) is 5.69 Å². The molecular formula is C20H26N2O4S. The summed E-state index contributed by atoms with van der Waals surface area (Å²) in [6, 6.07) is 11.8. The zero-order chi connectivity index (χ0) is 20.0. The summed E-state index contributed by atoms with van der Waals surface area (Å²) in [5, 5.41) is 2.50. The van der Waals surface area contributed by atoms with Gasteiger partial charge in [0.15, 0.2) is 6.10 Å². The van der Waals surface area contributed by atoms with E-state index in [2.05, 4.69) is 10.0 Å². The van der Waals surface area contributed by atoms with E-state index < -0.39 is 16.1 Å². The van der Waals surface area contributed by atoms with Crippen LogP contribution in [0, 0.1) is 0 Å². The van der Waals surface area contributed by atoms with Crippen LogP contribution in [0.3, 0.4) is 0 Å². The van der Waals surface area contributed by atoms with Crippen LogP contribution in [0.25, 0.3) is 0 Å². The lowest BCUT2D eigenvalue weighted by Gasteiger charge is -2.16. The number of aryl methyl sites for hydroxylation is 2. The van der Waals surface area contributed by atoms with Crippen LogP contribution in [0.1, 0.15) is 31.9 Å². The van der Waals surface area contributed by atoms with Gasteiger partial charge in [-0.2, -0.15) is 0 Å². The number of hydrogen-bond donors (Lipinski definition) is 2. The minimum atomic E-state index is -3.73. The van der Waals surface area contributed by atoms with E-state index in [1.165, 1.54) is 19.2 Å². The van der Waals surface area contributed by atoms with Gasteiger partial charge in [-0.1, -0.05) is 32.0 Å². The van der Waals surface area contributed by atoms with Crippen molar-refractivity contribution in [2.24, 2.45) is 0 Å². The highest BCUT2D eigenvalue weighted by Crippen LogP contribution is 2.26. The maximum absolute atomic E-state index is 12.8. The van der Waals surface area contributed by atoms with Crippen LogP contribution >= 0.6 is 0 Å². The third kappa shape index (κ3) is 5.01. The van der Waals surface area contributed by atoms with Crippen molar-refractivity contribution in [3.8, 4) is 5.75 Å². The van der Waals surface area contributed by atoms with E-state index in [-0.39, 0.29) is 10.8 Å². The number of rotatable bonds is 8. The summed E-state index contributed by atoms with van der Waals surface area (Å²) in [5.74, 6) is 0.171. The highest BCUT2D eigenvalue weighted by Gasteiger charge is 2.18. The third-order valence-electron chi connectivity index (χ3n) is 4.30. The molecule has 1 amide bonds. The Labute approximate surface area is 161 Å². The number of amides is 1. The lowest BCUT2D eigenvalue weighted by Crippen LogP contribution is -2.33. The molecule has 0 radical (unpaired) electrons. The topological polar surface area (TPSA) is 84.5 Å². The highest BCUT2D eigenvalue weighted by molar-refractivity contribution is 7.92. The molecule has 0 saturated heterocycles. The van der Waals surface area contributed by atoms with Crippen LogP contribution < -0.4 is 14.8 Å². The van der Waals surface area contributed by atoms with Gasteiger partial charge in [-0.15, -0.1) is 0 Å². The number of benzene rings is 2. The molecule has 6 nitrogen and oxygen atoms in total. The first-order valence-electron chi connectivity index (χ1n) is 8.94. The summed E-state index contributed by atoms with van der Waals surface area (Å²) in [5.41, 5.74) is 2.56. The number of ether oxygens (including phenoxy) is 1. The highest BCUT2D eigenvalue weighted by atomic mass is 32.2. The predicted molar refractivity (Wildman–Crippen MR) is 107 cm³/mol. The summed E-state index contributed by atoms with van der Waals surface area (Å²) in [7, 11) is -2.20. The second-order valence-electron chi connectivity index (χ2n) is 6.11. The normalized spacial score (nSPS) is 12.3. The van der Waals surface area contributed by atoms with Gasteiger partial charge in [0.1, 0.15) is 5.75 Å². The Morgan fingerprint density at radius 2 is 1.59 bits per heavy atom. The lowest BCUT2D eigenvalue weighted by molar-refractivity contribution is -0.126. The Morgan fingerprint density at radius 1 is 1.04 bits per heavy atom. The Balaban J connectivity index is 2.24. The Morgan fingerprint density at radius 3 is 2.07 bits per heavy atom. The fraction of sp³-hybridized carbons (Fsp3) is 0.350. The first kappa shape index (κ1) is 20.8. The molecule has 0 bridgehead atoms. The van der Waals surface area contributed by atoms with E-state index in [0.29, 0.717) is 11.4 Å². The third-order valence-corrected chi connectivity index (χ3v) is 5.66. The fourth-order valence-corrected chi connectivity index (χ4v) is 3.87. The number of carbonyl (C=O) groups excluding carboxylic acids is 1. The predicted octanol–water partition coefficient (Wildman–Crippen LogP) is 3.13. The SMILES string of the molecule is CCc1cccc(CC)c1NS(=O)(=O)c1ccc(O[C@@H](C)C(=O)NC)cc1. The van der Waals surface area contributed by atoms with E-state index in [4.69, 9.17) is 4.74 Å². The summed E-state index contributed by atoms with van der Waals surface area (Å²) in [6.45, 7) is 5.61. The molecule has 2 aromatic carbocycles. The van der Waals surface area contributed by atoms with Gasteiger partial charge in [0.2, 0.25) is 0 Å². The van der Waals surface area contributed by atoms with Crippen LogP contribution in [0.5, 0.6) is 5.75 Å². The molecule has 0 saturated carbocycles. The molecule has 0 aromatic heterocycles. The summed E-state index contributed by atoms with van der Waals surface area (Å²) < 4.78 is 33.8. The molecule has 7 heteroatoms. The first-order chi connectivity index (χ1) is 12.8. The number of para-hydroxylation sites is 1. The average Bonchev–Trinajstić information content (AvgIpc) is 2.67. The van der Waals surface area contributed by atoms with Crippen LogP contribution in [0.15, 0.2) is 47.4 Å². The quantitative estimate of drug-likeness (QED) is 0.725. The Kier molecular flexibility index (Phi) is 6.85. The molecule has 0 aliphatic heterocycles. The van der Waals surface area contributed by atoms with Crippen molar-refractivity contribution in [2.45, 2.75) is 44.6 Å². The van der Waals surface area contributed by atoms with Crippen LogP contribution in [-0.2, 0) is 27.7 Å². The van der Waals surface area contributed by atoms with Crippen molar-refractivity contribution in [2.75, 3.05) is 11.8 Å². The van der Waals surface area contributed by atoms with Crippen molar-refractivity contribution in [1.82, 2.24) is 5.32 Å². The zero-order valence-electron chi connectivity index (χ0n) is 16.1. The molecule has 0 aliphatic carbocycles. The van der Waals surface area contributed by atoms with Crippen molar-refractivity contribution < 1.29 is 17.9 Å². The molecule has 0 spiro atoms. The van der Waals surface area contributed by atoms with Gasteiger partial charge in [-0.05, 0) is 55.2 Å². The van der Waals surface area contributed by atoms with Gasteiger partial charge in [0.25, 0.3) is 15.9 Å². The standard InChI is InChI=1S/C20H26N2O4S/c1-5-15-8-7-9-16(6-2)19(15)22-27(24,25)18-12-10-17(11-13-18)26-14(3)20(23)21-4/h7-14,22H,5-6H2,1-4H3,(H,21,23)/t14-/m0/s1. The summed E-state index contributed by atoms with van der Waals surface area (Å²) in [4.78, 5) is 11.7. The number of likely N-dealkylation sites (N-methyl/N-ethyl adjacent to an activating group) is 1. The van der Waals surface area contributed by atoms with E-state index >= 15 is 0 Å². The second kappa shape index (κ2) is 8.90. The molecule has 1 atom stereocenters. The van der Waals surface area contributed by atoms with Gasteiger partial charge >= 0.3 is 0 Å². The van der Waals surface area contributed by atoms with E-state index in [1.807, 2.05) is 32.0 Å². The summed E-state index contributed by atoms with van der Waals surface area (Å²) in [6.07, 6.45) is 0.797. The molecule has 0 unspecified atom stereocenters. The smallest absolute Gasteiger partial charge is 0.261 e. The van der Waals surface area contributed by atoms with Crippen molar-refractivity contribution in [3.63, 3.8) is 0 Å². The first-order valence-corrected chi connectivity index (χ1v) is 10.4. The number of carbonyl (C=O) groups is 1. The molecule has 0 fully saturated rings. The van der Waals surface area contributed by atoms with E-state index in [1.54, 1.807) is 19.1 Å². The maximum atomic E-state index is 12.8. The van der Waals surface area contributed by atoms with E-state index in [0.717, 1.165) is 24.0 Å². The Bertz CT molecular complexity index is 870. The number of anilines is 1. The van der Waals surface area contributed by atoms with Gasteiger partial charge in [0, 0.05) is 7.05 Å². The van der Waals surface area contributed by atoms with Crippen molar-refractivity contribution in [3.05, 3.63) is 53.6 Å². The van der Waals surface area contributed by atoms with Crippen molar-refractivity contribution in [1.29, 1.82) is 0 Å².